The van der Waals surface area contributed by atoms with Gasteiger partial charge in [-0.2, -0.15) is 0 Å². The maximum Gasteiger partial charge on any atom is 0.238 e. The zero-order chi connectivity index (χ0) is 9.58. The zero-order valence-corrected chi connectivity index (χ0v) is 7.79. The molecule has 0 rings (SSSR count). The van der Waals surface area contributed by atoms with Gasteiger partial charge in [0.1, 0.15) is 0 Å². The van der Waals surface area contributed by atoms with Gasteiger partial charge in [0.15, 0.2) is 0 Å². The van der Waals surface area contributed by atoms with Gasteiger partial charge in [0.05, 0.1) is 0 Å². The first-order chi connectivity index (χ1) is 4.73. The highest BCUT2D eigenvalue weighted by molar-refractivity contribution is 7.98. The Balaban J connectivity index is -0.0000000262. The maximum absolute atomic E-state index is 9.19. The average Bonchev–Trinajstić information content (AvgIpc) is 1.98. The minimum absolute atomic E-state index is 1.79. The molecule has 0 aromatic heterocycles. The van der Waals surface area contributed by atoms with E-state index >= 15 is 0 Å². The van der Waals surface area contributed by atoms with Gasteiger partial charge in [-0.15, -0.1) is 39.5 Å². The molecule has 60 valence electrons. The Hall–Kier alpha value is -0.500. The zero-order valence-electron chi connectivity index (χ0n) is 6.08. The largest absolute Gasteiger partial charge is 0.253 e. The van der Waals surface area contributed by atoms with E-state index in [9.17, 15) is 4.57 Å². The number of hydrogen-bond donors (Lipinski definition) is 1. The highest BCUT2D eigenvalue weighted by atomic mass is 32.4. The summed E-state index contributed by atoms with van der Waals surface area (Å²) in [6.07, 6.45) is 0. The summed E-state index contributed by atoms with van der Waals surface area (Å²) in [5.74, 6) is 0. The molecular formula is C6H14NOPS. The molecule has 0 spiro atoms. The van der Waals surface area contributed by atoms with Crippen LogP contribution in [0.25, 0.3) is 0 Å². The molecule has 0 heterocycles. The van der Waals surface area contributed by atoms with Crippen molar-refractivity contribution in [1.82, 2.24) is 0 Å². The molecule has 0 aliphatic heterocycles. The second-order valence-corrected chi connectivity index (χ2v) is 1.94. The van der Waals surface area contributed by atoms with Crippen LogP contribution in [0, 0.1) is 0 Å². The van der Waals surface area contributed by atoms with Crippen LogP contribution in [0.15, 0.2) is 39.5 Å². The molecule has 0 saturated carbocycles. The quantitative estimate of drug-likeness (QED) is 0.459. The van der Waals surface area contributed by atoms with Gasteiger partial charge < -0.3 is 0 Å². The Morgan fingerprint density at radius 3 is 1.00 bits per heavy atom. The fourth-order valence-electron chi connectivity index (χ4n) is 0. The first-order valence-electron chi connectivity index (χ1n) is 2.12. The van der Waals surface area contributed by atoms with Crippen molar-refractivity contribution in [2.45, 2.75) is 0 Å². The summed E-state index contributed by atoms with van der Waals surface area (Å²) in [4.78, 5) is 0. The van der Waals surface area contributed by atoms with Gasteiger partial charge >= 0.3 is 0 Å². The SMILES string of the molecule is C=C.C=C.C=C.NP(=O)=S. The summed E-state index contributed by atoms with van der Waals surface area (Å²) in [7, 11) is 0. The van der Waals surface area contributed by atoms with Crippen molar-refractivity contribution in [2.24, 2.45) is 5.50 Å². The first kappa shape index (κ1) is 22.7. The van der Waals surface area contributed by atoms with E-state index in [4.69, 9.17) is 0 Å². The summed E-state index contributed by atoms with van der Waals surface area (Å²) >= 11 is 3.91. The Morgan fingerprint density at radius 2 is 1.00 bits per heavy atom. The molecule has 0 aromatic rings. The molecule has 1 atom stereocenters. The van der Waals surface area contributed by atoms with Crippen molar-refractivity contribution >= 4 is 18.5 Å². The molecule has 0 amide bonds. The number of hydrogen-bond acceptors (Lipinski definition) is 2. The Labute approximate surface area is 68.6 Å². The second-order valence-electron chi connectivity index (χ2n) is 0.285. The first-order valence-corrected chi connectivity index (χ1v) is 4.47. The summed E-state index contributed by atoms with van der Waals surface area (Å²) in [5, 5.41) is 0. The smallest absolute Gasteiger partial charge is 0.238 e. The third kappa shape index (κ3) is 1270. The molecule has 4 heteroatoms. The minimum Gasteiger partial charge on any atom is -0.253 e. The molecule has 0 bridgehead atoms. The molecule has 0 aliphatic rings. The Bertz CT molecular complexity index is 91.2. The van der Waals surface area contributed by atoms with E-state index in [1.807, 2.05) is 0 Å². The lowest BCUT2D eigenvalue weighted by atomic mass is 11.3. The highest BCUT2D eigenvalue weighted by Crippen LogP contribution is 1.77. The topological polar surface area (TPSA) is 43.1 Å². The van der Waals surface area contributed by atoms with E-state index in [2.05, 4.69) is 56.8 Å². The fourth-order valence-corrected chi connectivity index (χ4v) is 0. The Morgan fingerprint density at radius 1 is 1.00 bits per heavy atom. The molecule has 2 nitrogen and oxygen atoms in total. The van der Waals surface area contributed by atoms with Crippen LogP contribution in [-0.2, 0) is 16.4 Å². The number of nitrogens with two attached hydrogens (primary N) is 1. The average molecular weight is 179 g/mol. The third-order valence-electron chi connectivity index (χ3n) is 0. The van der Waals surface area contributed by atoms with E-state index in [1.54, 1.807) is 0 Å². The molecule has 0 saturated heterocycles. The summed E-state index contributed by atoms with van der Waals surface area (Å²) < 4.78 is 9.19. The van der Waals surface area contributed by atoms with Crippen molar-refractivity contribution in [2.75, 3.05) is 0 Å². The lowest BCUT2D eigenvalue weighted by Gasteiger charge is -1.41. The van der Waals surface area contributed by atoms with Crippen LogP contribution in [0.4, 0.5) is 0 Å². The van der Waals surface area contributed by atoms with Crippen molar-refractivity contribution in [1.29, 1.82) is 0 Å². The second kappa shape index (κ2) is 76.5. The molecule has 2 N–H and O–H groups in total. The van der Waals surface area contributed by atoms with Crippen molar-refractivity contribution in [3.63, 3.8) is 0 Å². The summed E-state index contributed by atoms with van der Waals surface area (Å²) in [6, 6.07) is 0. The minimum atomic E-state index is -1.79. The Kier molecular flexibility index (Phi) is 174. The van der Waals surface area contributed by atoms with Gasteiger partial charge in [0.25, 0.3) is 0 Å². The summed E-state index contributed by atoms with van der Waals surface area (Å²) in [5.41, 5.74) is 4.44. The lowest BCUT2D eigenvalue weighted by molar-refractivity contribution is 0.598. The number of rotatable bonds is 0. The maximum atomic E-state index is 9.19. The molecule has 0 radical (unpaired) electrons. The highest BCUT2D eigenvalue weighted by Gasteiger charge is 1.46. The van der Waals surface area contributed by atoms with E-state index in [1.165, 1.54) is 0 Å². The normalized spacial score (nSPS) is 5.50. The molecular weight excluding hydrogens is 165 g/mol. The molecule has 10 heavy (non-hydrogen) atoms. The lowest BCUT2D eigenvalue weighted by Crippen LogP contribution is -1.58. The van der Waals surface area contributed by atoms with Gasteiger partial charge in [0.2, 0.25) is 6.73 Å². The van der Waals surface area contributed by atoms with Gasteiger partial charge in [-0.1, -0.05) is 0 Å². The van der Waals surface area contributed by atoms with Crippen LogP contribution in [-0.4, -0.2) is 0 Å². The van der Waals surface area contributed by atoms with Gasteiger partial charge in [-0.3, -0.25) is 4.57 Å². The van der Waals surface area contributed by atoms with Crippen LogP contribution in [0.2, 0.25) is 0 Å². The van der Waals surface area contributed by atoms with E-state index in [0.29, 0.717) is 0 Å². The van der Waals surface area contributed by atoms with Crippen molar-refractivity contribution in [3.8, 4) is 0 Å². The van der Waals surface area contributed by atoms with Crippen molar-refractivity contribution < 1.29 is 4.57 Å². The van der Waals surface area contributed by atoms with Crippen LogP contribution in [0.1, 0.15) is 0 Å². The van der Waals surface area contributed by atoms with Gasteiger partial charge in [-0.05, 0) is 11.8 Å². The summed E-state index contributed by atoms with van der Waals surface area (Å²) in [6.45, 7) is 16.2. The van der Waals surface area contributed by atoms with Gasteiger partial charge in [-0.25, -0.2) is 5.50 Å². The predicted molar refractivity (Wildman–Crippen MR) is 52.9 cm³/mol. The van der Waals surface area contributed by atoms with Crippen LogP contribution >= 0.6 is 6.73 Å². The van der Waals surface area contributed by atoms with Crippen LogP contribution in [0.5, 0.6) is 0 Å². The predicted octanol–water partition coefficient (Wildman–Crippen LogP) is 2.56. The standard InChI is InChI=1S/3C2H4.H2NOPS/c3*1-2;1-3(2)4/h3*1-2H2;(H2,1,2,4). The van der Waals surface area contributed by atoms with Crippen LogP contribution in [0.3, 0.4) is 0 Å². The third-order valence-corrected chi connectivity index (χ3v) is 0. The monoisotopic (exact) mass is 179 g/mol. The van der Waals surface area contributed by atoms with E-state index < -0.39 is 6.73 Å². The van der Waals surface area contributed by atoms with Crippen LogP contribution < -0.4 is 5.50 Å². The van der Waals surface area contributed by atoms with Gasteiger partial charge in [0, 0.05) is 0 Å². The molecule has 0 fully saturated rings. The molecule has 0 aromatic carbocycles. The van der Waals surface area contributed by atoms with E-state index in [0.717, 1.165) is 0 Å². The molecule has 1 unspecified atom stereocenters. The van der Waals surface area contributed by atoms with Crippen molar-refractivity contribution in [3.05, 3.63) is 39.5 Å². The fraction of sp³-hybridized carbons (Fsp3) is 0. The molecule has 0 aliphatic carbocycles. The van der Waals surface area contributed by atoms with E-state index in [-0.39, 0.29) is 0 Å².